The molecule has 0 aromatic heterocycles. The van der Waals surface area contributed by atoms with Crippen LogP contribution in [0.25, 0.3) is 0 Å². The maximum atomic E-state index is 12.9. The lowest BCUT2D eigenvalue weighted by Crippen LogP contribution is -2.47. The lowest BCUT2D eigenvalue weighted by atomic mass is 10.1. The molecule has 13 heteroatoms. The molecule has 0 unspecified atom stereocenters. The van der Waals surface area contributed by atoms with Crippen LogP contribution in [0.4, 0.5) is 35.3 Å². The molecule has 0 bridgehead atoms. The maximum Gasteiger partial charge on any atom is 0.434 e. The van der Waals surface area contributed by atoms with Gasteiger partial charge >= 0.3 is 27.5 Å². The molecule has 0 spiro atoms. The van der Waals surface area contributed by atoms with Crippen LogP contribution in [0, 0.1) is 0 Å². The second kappa shape index (κ2) is 7.54. The van der Waals surface area contributed by atoms with E-state index >= 15 is 0 Å². The lowest BCUT2D eigenvalue weighted by Gasteiger charge is -2.23. The van der Waals surface area contributed by atoms with Crippen molar-refractivity contribution < 1.29 is 48.1 Å². The predicted molar refractivity (Wildman–Crippen MR) is 55.2 cm³/mol. The van der Waals surface area contributed by atoms with Gasteiger partial charge in [0.25, 0.3) is 0 Å². The van der Waals surface area contributed by atoms with Gasteiger partial charge in [-0.2, -0.15) is 39.2 Å². The molecule has 0 fully saturated rings. The van der Waals surface area contributed by atoms with Crippen LogP contribution < -0.4 is 6.15 Å². The van der Waals surface area contributed by atoms with Gasteiger partial charge in [0.1, 0.15) is 0 Å². The van der Waals surface area contributed by atoms with Gasteiger partial charge in [-0.25, -0.2) is 0 Å². The van der Waals surface area contributed by atoms with Crippen molar-refractivity contribution in [1.82, 2.24) is 6.15 Å². The Morgan fingerprint density at radius 2 is 1.24 bits per heavy atom. The van der Waals surface area contributed by atoms with Gasteiger partial charge in [-0.15, -0.1) is 0 Å². The number of alkyl halides is 7. The van der Waals surface area contributed by atoms with Gasteiger partial charge in [0, 0.05) is 12.8 Å². The highest BCUT2D eigenvalue weighted by molar-refractivity contribution is 7.87. The van der Waals surface area contributed by atoms with Crippen LogP contribution in [0.2, 0.25) is 0 Å². The van der Waals surface area contributed by atoms with Crippen LogP contribution in [0.1, 0.15) is 32.1 Å². The van der Waals surface area contributed by atoms with E-state index in [2.05, 4.69) is 0 Å². The van der Waals surface area contributed by atoms with E-state index in [-0.39, 0.29) is 6.15 Å². The van der Waals surface area contributed by atoms with Crippen LogP contribution in [0.5, 0.6) is 0 Å². The first-order valence-corrected chi connectivity index (χ1v) is 6.55. The summed E-state index contributed by atoms with van der Waals surface area (Å²) in [4.78, 5) is 0. The summed E-state index contributed by atoms with van der Waals surface area (Å²) in [6.07, 6.45) is -9.33. The van der Waals surface area contributed by atoms with E-state index < -0.39 is 59.6 Å². The molecule has 130 valence electrons. The molecule has 0 rings (SSSR count). The first-order valence-electron chi connectivity index (χ1n) is 5.14. The van der Waals surface area contributed by atoms with Gasteiger partial charge in [-0.3, -0.25) is 0 Å². The summed E-state index contributed by atoms with van der Waals surface area (Å²) >= 11 is 0. The molecule has 4 nitrogen and oxygen atoms in total. The molecule has 0 aromatic rings. The minimum Gasteiger partial charge on any atom is -0.344 e. The molecule has 0 aliphatic heterocycles. The minimum atomic E-state index is -6.45. The standard InChI is InChI=1S/C8H10F8O3S.H3N/c9-6(10,8(14,15)20(17,18)19-16)4-2-1-3-5-7(11,12)13;/h1-5H2;1H3. The number of halogens is 8. The summed E-state index contributed by atoms with van der Waals surface area (Å²) in [5.74, 6) is -5.16. The van der Waals surface area contributed by atoms with Crippen molar-refractivity contribution in [2.24, 2.45) is 0 Å². The van der Waals surface area contributed by atoms with E-state index in [1.807, 2.05) is 4.39 Å². The van der Waals surface area contributed by atoms with Crippen LogP contribution in [-0.2, 0) is 14.5 Å². The Labute approximate surface area is 115 Å². The third-order valence-electron chi connectivity index (χ3n) is 2.27. The molecule has 3 N–H and O–H groups in total. The molecule has 0 atom stereocenters. The second-order valence-electron chi connectivity index (χ2n) is 3.91. The number of rotatable bonds is 8. The van der Waals surface area contributed by atoms with E-state index in [1.165, 1.54) is 0 Å². The first kappa shape index (κ1) is 22.6. The van der Waals surface area contributed by atoms with Gasteiger partial charge in [0.05, 0.1) is 0 Å². The van der Waals surface area contributed by atoms with Crippen molar-refractivity contribution in [2.75, 3.05) is 0 Å². The normalized spacial score (nSPS) is 13.9. The van der Waals surface area contributed by atoms with Crippen molar-refractivity contribution in [3.05, 3.63) is 0 Å². The molecule has 0 heterocycles. The third kappa shape index (κ3) is 6.30. The summed E-state index contributed by atoms with van der Waals surface area (Å²) in [5.41, 5.74) is 0. The highest BCUT2D eigenvalue weighted by Gasteiger charge is 2.66. The summed E-state index contributed by atoms with van der Waals surface area (Å²) in [7, 11) is -6.45. The summed E-state index contributed by atoms with van der Waals surface area (Å²) in [5, 5.41) is -5.81. The van der Waals surface area contributed by atoms with Crippen molar-refractivity contribution >= 4 is 10.1 Å². The van der Waals surface area contributed by atoms with Crippen LogP contribution in [-0.4, -0.2) is 25.8 Å². The Morgan fingerprint density at radius 3 is 1.62 bits per heavy atom. The summed E-state index contributed by atoms with van der Waals surface area (Å²) < 4.78 is 120. The third-order valence-corrected chi connectivity index (χ3v) is 3.37. The molecule has 0 aliphatic rings. The molecule has 0 aromatic carbocycles. The zero-order chi connectivity index (χ0) is 16.2. The molecule has 0 amide bonds. The molecular weight excluding hydrogens is 342 g/mol. The Bertz CT molecular complexity index is 408. The van der Waals surface area contributed by atoms with E-state index in [0.29, 0.717) is 0 Å². The Balaban J connectivity index is 0. The highest BCUT2D eigenvalue weighted by atomic mass is 32.2. The zero-order valence-electron chi connectivity index (χ0n) is 10.4. The Kier molecular flexibility index (Phi) is 8.11. The van der Waals surface area contributed by atoms with E-state index in [1.54, 1.807) is 0 Å². The largest absolute Gasteiger partial charge is 0.434 e. The van der Waals surface area contributed by atoms with Gasteiger partial charge in [-0.1, -0.05) is 10.8 Å². The molecule has 0 saturated heterocycles. The minimum absolute atomic E-state index is 0. The molecule has 0 aliphatic carbocycles. The van der Waals surface area contributed by atoms with Gasteiger partial charge in [0.15, 0.2) is 0 Å². The fourth-order valence-corrected chi connectivity index (χ4v) is 1.76. The van der Waals surface area contributed by atoms with Crippen molar-refractivity contribution in [1.29, 1.82) is 0 Å². The Hall–Kier alpha value is -0.690. The highest BCUT2D eigenvalue weighted by Crippen LogP contribution is 2.43. The average molecular weight is 355 g/mol. The molecule has 0 radical (unpaired) electrons. The second-order valence-corrected chi connectivity index (χ2v) is 5.46. The van der Waals surface area contributed by atoms with E-state index in [4.69, 9.17) is 0 Å². The molecule has 21 heavy (non-hydrogen) atoms. The topological polar surface area (TPSA) is 78.4 Å². The lowest BCUT2D eigenvalue weighted by molar-refractivity contribution is -0.173. The average Bonchev–Trinajstić information content (AvgIpc) is 2.26. The maximum absolute atomic E-state index is 12.9. The van der Waals surface area contributed by atoms with E-state index in [9.17, 15) is 43.7 Å². The first-order chi connectivity index (χ1) is 8.77. The van der Waals surface area contributed by atoms with E-state index in [0.717, 1.165) is 0 Å². The number of hydrogen-bond donors (Lipinski definition) is 1. The van der Waals surface area contributed by atoms with Crippen molar-refractivity contribution in [3.8, 4) is 0 Å². The van der Waals surface area contributed by atoms with Crippen molar-refractivity contribution in [3.63, 3.8) is 0 Å². The number of unbranched alkanes of at least 4 members (excludes halogenated alkanes) is 2. The van der Waals surface area contributed by atoms with Gasteiger partial charge < -0.3 is 6.15 Å². The fourth-order valence-electron chi connectivity index (χ4n) is 1.22. The molecular formula is C8H13F8NO3S. The summed E-state index contributed by atoms with van der Waals surface area (Å²) in [6.45, 7) is 0. The van der Waals surface area contributed by atoms with Crippen molar-refractivity contribution in [2.45, 2.75) is 49.5 Å². The quantitative estimate of drug-likeness (QED) is 0.525. The van der Waals surface area contributed by atoms with Gasteiger partial charge in [-0.05, 0) is 17.4 Å². The van der Waals surface area contributed by atoms with Crippen LogP contribution in [0.3, 0.4) is 0 Å². The SMILES string of the molecule is N.O=S(=O)(OF)C(F)(F)C(F)(F)CCCCCC(F)(F)F. The smallest absolute Gasteiger partial charge is 0.344 e. The monoisotopic (exact) mass is 355 g/mol. The fraction of sp³-hybridized carbons (Fsp3) is 1.00. The number of hydrogen-bond acceptors (Lipinski definition) is 4. The summed E-state index contributed by atoms with van der Waals surface area (Å²) in [6, 6.07) is 0. The Morgan fingerprint density at radius 1 is 0.810 bits per heavy atom. The van der Waals surface area contributed by atoms with Crippen LogP contribution in [0.15, 0.2) is 0 Å². The van der Waals surface area contributed by atoms with Gasteiger partial charge in [0.2, 0.25) is 0 Å². The zero-order valence-corrected chi connectivity index (χ0v) is 11.2. The predicted octanol–water partition coefficient (Wildman–Crippen LogP) is 4.12. The molecule has 0 saturated carbocycles. The van der Waals surface area contributed by atoms with Crippen LogP contribution >= 0.6 is 0 Å².